The third-order valence-electron chi connectivity index (χ3n) is 1.91. The number of nitrogens with zero attached hydrogens (tertiary/aromatic N) is 1. The molecular weight excluding hydrogens is 184 g/mol. The van der Waals surface area contributed by atoms with E-state index in [2.05, 4.69) is 0 Å². The van der Waals surface area contributed by atoms with Crippen LogP contribution < -0.4 is 10.4 Å². The van der Waals surface area contributed by atoms with Gasteiger partial charge in [-0.3, -0.25) is 10.1 Å². The summed E-state index contributed by atoms with van der Waals surface area (Å²) < 4.78 is 0. The summed E-state index contributed by atoms with van der Waals surface area (Å²) in [5.74, 6) is -0.139. The Morgan fingerprint density at radius 3 is 2.79 bits per heavy atom. The maximum Gasteiger partial charge on any atom is 0.269 e. The molecule has 0 saturated carbocycles. The number of nitrogens with two attached hydrogens (primary N) is 1. The molecule has 5 heteroatoms. The molecule has 14 heavy (non-hydrogen) atoms. The predicted molar refractivity (Wildman–Crippen MR) is 48.7 cm³/mol. The van der Waals surface area contributed by atoms with Gasteiger partial charge in [-0.05, 0) is 6.92 Å². The van der Waals surface area contributed by atoms with Crippen molar-refractivity contribution in [3.63, 3.8) is 0 Å². The van der Waals surface area contributed by atoms with E-state index in [-0.39, 0.29) is 11.4 Å². The summed E-state index contributed by atoms with van der Waals surface area (Å²) in [6, 6.07) is 3.82. The Hall–Kier alpha value is -1.62. The van der Waals surface area contributed by atoms with Gasteiger partial charge in [0.15, 0.2) is 0 Å². The molecule has 0 aliphatic heterocycles. The molecule has 0 heterocycles. The molecule has 0 bridgehead atoms. The van der Waals surface area contributed by atoms with E-state index < -0.39 is 4.92 Å². The maximum absolute atomic E-state index is 11.3. The Balaban J connectivity index is 2.90. The molecule has 2 N–H and O–H groups in total. The third-order valence-corrected chi connectivity index (χ3v) is 1.91. The molecule has 0 radical (unpaired) electrons. The minimum Gasteiger partial charge on any atom is -0.872 e. The van der Waals surface area contributed by atoms with E-state index in [4.69, 9.17) is 0 Å². The van der Waals surface area contributed by atoms with Gasteiger partial charge in [-0.2, -0.15) is 0 Å². The van der Waals surface area contributed by atoms with Crippen molar-refractivity contribution in [1.29, 1.82) is 0 Å². The smallest absolute Gasteiger partial charge is 0.269 e. The van der Waals surface area contributed by atoms with Crippen molar-refractivity contribution in [1.82, 2.24) is 0 Å². The van der Waals surface area contributed by atoms with Crippen LogP contribution in [0.3, 0.4) is 0 Å². The highest BCUT2D eigenvalue weighted by atomic mass is 16.6. The first-order valence-corrected chi connectivity index (χ1v) is 4.41. The SMILES string of the molecule is CC[NH2+]Cc1cc([N+](=O)[O-])ccc1[O-]. The maximum atomic E-state index is 11.3. The van der Waals surface area contributed by atoms with Crippen LogP contribution in [-0.2, 0) is 6.54 Å². The van der Waals surface area contributed by atoms with E-state index in [0.717, 1.165) is 6.54 Å². The standard InChI is InChI=1S/C9H12N2O3/c1-2-10-6-7-5-8(11(13)14)3-4-9(7)12/h3-5,10,12H,2,6H2,1H3. The quantitative estimate of drug-likeness (QED) is 0.532. The first-order valence-electron chi connectivity index (χ1n) is 4.41. The number of hydrogen-bond donors (Lipinski definition) is 1. The van der Waals surface area contributed by atoms with E-state index >= 15 is 0 Å². The van der Waals surface area contributed by atoms with Crippen molar-refractivity contribution in [3.8, 4) is 5.75 Å². The van der Waals surface area contributed by atoms with Gasteiger partial charge in [0.1, 0.15) is 6.54 Å². The zero-order valence-corrected chi connectivity index (χ0v) is 7.90. The van der Waals surface area contributed by atoms with Gasteiger partial charge in [0.2, 0.25) is 0 Å². The molecule has 5 nitrogen and oxygen atoms in total. The van der Waals surface area contributed by atoms with Crippen LogP contribution in [0.1, 0.15) is 12.5 Å². The van der Waals surface area contributed by atoms with Gasteiger partial charge in [-0.15, -0.1) is 0 Å². The van der Waals surface area contributed by atoms with Crippen LogP contribution in [0.25, 0.3) is 0 Å². The van der Waals surface area contributed by atoms with E-state index in [0.29, 0.717) is 12.1 Å². The average molecular weight is 196 g/mol. The van der Waals surface area contributed by atoms with Crippen molar-refractivity contribution < 1.29 is 15.3 Å². The van der Waals surface area contributed by atoms with E-state index in [1.165, 1.54) is 18.2 Å². The largest absolute Gasteiger partial charge is 0.872 e. The molecule has 0 aromatic heterocycles. The van der Waals surface area contributed by atoms with Gasteiger partial charge in [0, 0.05) is 17.7 Å². The fourth-order valence-electron chi connectivity index (χ4n) is 1.14. The highest BCUT2D eigenvalue weighted by Crippen LogP contribution is 2.19. The minimum atomic E-state index is -0.491. The summed E-state index contributed by atoms with van der Waals surface area (Å²) in [4.78, 5) is 9.94. The molecule has 0 saturated heterocycles. The monoisotopic (exact) mass is 196 g/mol. The molecule has 0 atom stereocenters. The normalized spacial score (nSPS) is 10.1. The van der Waals surface area contributed by atoms with Crippen LogP contribution >= 0.6 is 0 Å². The van der Waals surface area contributed by atoms with Crippen LogP contribution in [0, 0.1) is 10.1 Å². The van der Waals surface area contributed by atoms with Crippen molar-refractivity contribution >= 4 is 5.69 Å². The Bertz CT molecular complexity index is 339. The van der Waals surface area contributed by atoms with Crippen LogP contribution in [0.15, 0.2) is 18.2 Å². The van der Waals surface area contributed by atoms with Crippen LogP contribution in [-0.4, -0.2) is 11.5 Å². The summed E-state index contributed by atoms with van der Waals surface area (Å²) in [5.41, 5.74) is 0.463. The highest BCUT2D eigenvalue weighted by Gasteiger charge is 2.06. The second kappa shape index (κ2) is 4.57. The number of quaternary nitrogens is 1. The van der Waals surface area contributed by atoms with Crippen molar-refractivity contribution in [3.05, 3.63) is 33.9 Å². The summed E-state index contributed by atoms with van der Waals surface area (Å²) in [5, 5.41) is 23.6. The topological polar surface area (TPSA) is 82.8 Å². The first kappa shape index (κ1) is 10.5. The van der Waals surface area contributed by atoms with Gasteiger partial charge in [0.25, 0.3) is 5.69 Å². The second-order valence-corrected chi connectivity index (χ2v) is 2.95. The fourth-order valence-corrected chi connectivity index (χ4v) is 1.14. The summed E-state index contributed by atoms with van der Waals surface area (Å²) in [6.45, 7) is 3.31. The Morgan fingerprint density at radius 2 is 2.21 bits per heavy atom. The van der Waals surface area contributed by atoms with Gasteiger partial charge in [-0.25, -0.2) is 0 Å². The first-order chi connectivity index (χ1) is 6.65. The Kier molecular flexibility index (Phi) is 3.41. The van der Waals surface area contributed by atoms with Gasteiger partial charge in [-0.1, -0.05) is 11.8 Å². The molecule has 76 valence electrons. The predicted octanol–water partition coefficient (Wildman–Crippen LogP) is -0.248. The highest BCUT2D eigenvalue weighted by molar-refractivity contribution is 5.41. The van der Waals surface area contributed by atoms with Gasteiger partial charge < -0.3 is 10.4 Å². The number of nitro groups is 1. The molecule has 0 aliphatic carbocycles. The van der Waals surface area contributed by atoms with Crippen molar-refractivity contribution in [2.45, 2.75) is 13.5 Å². The Labute approximate surface area is 81.5 Å². The van der Waals surface area contributed by atoms with Crippen LogP contribution in [0.5, 0.6) is 5.75 Å². The fraction of sp³-hybridized carbons (Fsp3) is 0.333. The van der Waals surface area contributed by atoms with Gasteiger partial charge in [0.05, 0.1) is 11.5 Å². The summed E-state index contributed by atoms with van der Waals surface area (Å²) in [6.07, 6.45) is 0. The number of nitro benzene ring substituents is 1. The van der Waals surface area contributed by atoms with Crippen molar-refractivity contribution in [2.24, 2.45) is 0 Å². The molecule has 1 aromatic rings. The summed E-state index contributed by atoms with van der Waals surface area (Å²) in [7, 11) is 0. The number of benzene rings is 1. The number of rotatable bonds is 4. The van der Waals surface area contributed by atoms with E-state index in [1.54, 1.807) is 0 Å². The number of hydrogen-bond acceptors (Lipinski definition) is 3. The molecule has 0 amide bonds. The lowest BCUT2D eigenvalue weighted by Gasteiger charge is -2.10. The second-order valence-electron chi connectivity index (χ2n) is 2.95. The lowest BCUT2D eigenvalue weighted by molar-refractivity contribution is -0.668. The molecule has 1 rings (SSSR count). The third kappa shape index (κ3) is 2.43. The van der Waals surface area contributed by atoms with E-state index in [9.17, 15) is 15.2 Å². The zero-order valence-electron chi connectivity index (χ0n) is 7.90. The zero-order chi connectivity index (χ0) is 10.6. The van der Waals surface area contributed by atoms with Crippen LogP contribution in [0.2, 0.25) is 0 Å². The molecule has 0 aliphatic rings. The van der Waals surface area contributed by atoms with E-state index in [1.807, 2.05) is 12.2 Å². The summed E-state index contributed by atoms with van der Waals surface area (Å²) >= 11 is 0. The van der Waals surface area contributed by atoms with Crippen LogP contribution in [0.4, 0.5) is 5.69 Å². The molecule has 1 aromatic carbocycles. The lowest BCUT2D eigenvalue weighted by Crippen LogP contribution is -2.81. The van der Waals surface area contributed by atoms with Crippen molar-refractivity contribution in [2.75, 3.05) is 6.54 Å². The lowest BCUT2D eigenvalue weighted by atomic mass is 10.2. The van der Waals surface area contributed by atoms with Gasteiger partial charge >= 0.3 is 0 Å². The molecule has 0 unspecified atom stereocenters. The number of non-ortho nitro benzene ring substituents is 1. The molecule has 0 fully saturated rings. The molecular formula is C9H12N2O3. The molecule has 0 spiro atoms. The minimum absolute atomic E-state index is 0.0240. The Morgan fingerprint density at radius 1 is 1.50 bits per heavy atom. The average Bonchev–Trinajstić information content (AvgIpc) is 2.16.